The zero-order valence-electron chi connectivity index (χ0n) is 8.03. The van der Waals surface area contributed by atoms with E-state index in [9.17, 15) is 0 Å². The van der Waals surface area contributed by atoms with E-state index in [1.165, 1.54) is 0 Å². The molecule has 1 nitrogen and oxygen atoms in total. The van der Waals surface area contributed by atoms with Crippen molar-refractivity contribution in [2.75, 3.05) is 0 Å². The first kappa shape index (κ1) is 10.7. The molecule has 0 radical (unpaired) electrons. The van der Waals surface area contributed by atoms with Crippen molar-refractivity contribution in [2.45, 2.75) is 10.4 Å². The highest BCUT2D eigenvalue weighted by Gasteiger charge is 2.34. The fraction of sp³-hybridized carbons (Fsp3) is 0.167. The van der Waals surface area contributed by atoms with Crippen LogP contribution < -0.4 is 5.73 Å². The van der Waals surface area contributed by atoms with Crippen molar-refractivity contribution in [3.05, 3.63) is 54.1 Å². The van der Waals surface area contributed by atoms with Crippen LogP contribution in [0.2, 0.25) is 0 Å². The van der Waals surface area contributed by atoms with Crippen LogP contribution in [0.15, 0.2) is 48.6 Å². The highest BCUT2D eigenvalue weighted by molar-refractivity contribution is 6.51. The average Bonchev–Trinajstić information content (AvgIpc) is 2.23. The Morgan fingerprint density at radius 3 is 2.47 bits per heavy atom. The van der Waals surface area contributed by atoms with Crippen LogP contribution in [-0.2, 0) is 0 Å². The summed E-state index contributed by atoms with van der Waals surface area (Å²) in [4.78, 5) is 0. The summed E-state index contributed by atoms with van der Waals surface area (Å²) in [5.41, 5.74) is 8.02. The molecule has 0 fully saturated rings. The van der Waals surface area contributed by atoms with E-state index in [0.717, 1.165) is 11.1 Å². The zero-order valence-corrected chi connectivity index (χ0v) is 9.54. The van der Waals surface area contributed by atoms with E-state index < -0.39 is 10.4 Å². The Bertz CT molecular complexity index is 407. The summed E-state index contributed by atoms with van der Waals surface area (Å²) in [5, 5.41) is 0. The van der Waals surface area contributed by atoms with Gasteiger partial charge in [-0.2, -0.15) is 0 Å². The van der Waals surface area contributed by atoms with Crippen LogP contribution in [0.1, 0.15) is 5.56 Å². The largest absolute Gasteiger partial charge is 0.321 e. The minimum absolute atomic E-state index is 0.395. The van der Waals surface area contributed by atoms with Gasteiger partial charge in [0.2, 0.25) is 0 Å². The molecular weight excluding hydrogens is 229 g/mol. The maximum atomic E-state index is 6.08. The highest BCUT2D eigenvalue weighted by atomic mass is 35.5. The Hall–Kier alpha value is -0.760. The molecule has 0 saturated carbocycles. The van der Waals surface area contributed by atoms with E-state index in [-0.39, 0.29) is 0 Å². The predicted octanol–water partition coefficient (Wildman–Crippen LogP) is 3.14. The van der Waals surface area contributed by atoms with Crippen LogP contribution in [0, 0.1) is 0 Å². The number of allylic oxidation sites excluding steroid dienone is 2. The summed E-state index contributed by atoms with van der Waals surface area (Å²) in [5.74, 6) is 0. The highest BCUT2D eigenvalue weighted by Crippen LogP contribution is 2.36. The molecule has 1 aliphatic carbocycles. The molecule has 1 unspecified atom stereocenters. The number of hydrogen-bond donors (Lipinski definition) is 1. The first-order chi connectivity index (χ1) is 7.11. The van der Waals surface area contributed by atoms with Crippen molar-refractivity contribution in [2.24, 2.45) is 5.73 Å². The van der Waals surface area contributed by atoms with Crippen molar-refractivity contribution in [1.29, 1.82) is 0 Å². The molecule has 15 heavy (non-hydrogen) atoms. The van der Waals surface area contributed by atoms with E-state index in [0.29, 0.717) is 0 Å². The number of benzene rings is 1. The fourth-order valence-electron chi connectivity index (χ4n) is 1.60. The van der Waals surface area contributed by atoms with Crippen LogP contribution in [0.5, 0.6) is 0 Å². The monoisotopic (exact) mass is 239 g/mol. The van der Waals surface area contributed by atoms with Gasteiger partial charge in [0.05, 0.1) is 6.04 Å². The summed E-state index contributed by atoms with van der Waals surface area (Å²) in [6.07, 6.45) is 5.49. The number of nitrogens with two attached hydrogens (primary N) is 1. The lowest BCUT2D eigenvalue weighted by Crippen LogP contribution is -2.39. The van der Waals surface area contributed by atoms with Gasteiger partial charge in [0.25, 0.3) is 0 Å². The van der Waals surface area contributed by atoms with E-state index in [1.54, 1.807) is 6.08 Å². The lowest BCUT2D eigenvalue weighted by Gasteiger charge is -2.28. The Kier molecular flexibility index (Phi) is 2.87. The summed E-state index contributed by atoms with van der Waals surface area (Å²) >= 11 is 12.2. The Morgan fingerprint density at radius 1 is 1.13 bits per heavy atom. The third-order valence-electron chi connectivity index (χ3n) is 2.45. The lowest BCUT2D eigenvalue weighted by molar-refractivity contribution is 0.798. The second-order valence-corrected chi connectivity index (χ2v) is 4.94. The van der Waals surface area contributed by atoms with Crippen molar-refractivity contribution in [3.63, 3.8) is 0 Å². The van der Waals surface area contributed by atoms with Crippen molar-refractivity contribution in [3.8, 4) is 0 Å². The van der Waals surface area contributed by atoms with Gasteiger partial charge in [0.15, 0.2) is 4.33 Å². The Labute approximate surface area is 99.2 Å². The fourth-order valence-corrected chi connectivity index (χ4v) is 1.98. The number of alkyl halides is 2. The molecule has 78 valence electrons. The van der Waals surface area contributed by atoms with Gasteiger partial charge in [-0.3, -0.25) is 0 Å². The Balaban J connectivity index is 2.39. The maximum Gasteiger partial charge on any atom is 0.155 e. The van der Waals surface area contributed by atoms with Crippen molar-refractivity contribution >= 4 is 28.8 Å². The van der Waals surface area contributed by atoms with Gasteiger partial charge in [-0.05, 0) is 17.2 Å². The molecule has 0 spiro atoms. The lowest BCUT2D eigenvalue weighted by atomic mass is 9.92. The van der Waals surface area contributed by atoms with Gasteiger partial charge in [-0.1, -0.05) is 65.7 Å². The second kappa shape index (κ2) is 4.01. The van der Waals surface area contributed by atoms with Crippen molar-refractivity contribution < 1.29 is 0 Å². The molecule has 0 bridgehead atoms. The first-order valence-electron chi connectivity index (χ1n) is 4.69. The molecular formula is C12H11Cl2N. The van der Waals surface area contributed by atoms with Crippen LogP contribution in [0.4, 0.5) is 0 Å². The molecule has 1 atom stereocenters. The van der Waals surface area contributed by atoms with Crippen LogP contribution in [-0.4, -0.2) is 10.4 Å². The molecule has 1 aromatic carbocycles. The van der Waals surface area contributed by atoms with E-state index >= 15 is 0 Å². The standard InChI is InChI=1S/C12H11Cl2N/c13-12(14)8-4-7-10(11(12)15)9-5-2-1-3-6-9/h1-8,11H,15H2. The summed E-state index contributed by atoms with van der Waals surface area (Å²) < 4.78 is -1.01. The summed E-state index contributed by atoms with van der Waals surface area (Å²) in [6.45, 7) is 0. The Morgan fingerprint density at radius 2 is 1.80 bits per heavy atom. The maximum absolute atomic E-state index is 6.08. The molecule has 0 aromatic heterocycles. The second-order valence-electron chi connectivity index (χ2n) is 3.50. The molecule has 2 N–H and O–H groups in total. The molecule has 0 heterocycles. The number of rotatable bonds is 1. The molecule has 0 aliphatic heterocycles. The van der Waals surface area contributed by atoms with Gasteiger partial charge < -0.3 is 5.73 Å². The van der Waals surface area contributed by atoms with E-state index in [2.05, 4.69) is 0 Å². The molecule has 0 amide bonds. The van der Waals surface area contributed by atoms with Gasteiger partial charge in [0, 0.05) is 0 Å². The molecule has 0 saturated heterocycles. The van der Waals surface area contributed by atoms with Crippen molar-refractivity contribution in [1.82, 2.24) is 0 Å². The number of hydrogen-bond acceptors (Lipinski definition) is 1. The molecule has 1 aromatic rings. The van der Waals surface area contributed by atoms with Crippen LogP contribution >= 0.6 is 23.2 Å². The predicted molar refractivity (Wildman–Crippen MR) is 66.0 cm³/mol. The summed E-state index contributed by atoms with van der Waals surface area (Å²) in [7, 11) is 0. The quantitative estimate of drug-likeness (QED) is 0.750. The van der Waals surface area contributed by atoms with Gasteiger partial charge >= 0.3 is 0 Å². The van der Waals surface area contributed by atoms with Gasteiger partial charge in [-0.15, -0.1) is 0 Å². The zero-order chi connectivity index (χ0) is 10.9. The molecule has 1 aliphatic rings. The summed E-state index contributed by atoms with van der Waals surface area (Å²) in [6, 6.07) is 9.48. The third-order valence-corrected chi connectivity index (χ3v) is 3.17. The topological polar surface area (TPSA) is 26.0 Å². The van der Waals surface area contributed by atoms with Gasteiger partial charge in [0.1, 0.15) is 0 Å². The smallest absolute Gasteiger partial charge is 0.155 e. The van der Waals surface area contributed by atoms with Gasteiger partial charge in [-0.25, -0.2) is 0 Å². The first-order valence-corrected chi connectivity index (χ1v) is 5.45. The normalized spacial score (nSPS) is 23.7. The van der Waals surface area contributed by atoms with E-state index in [1.807, 2.05) is 42.5 Å². The molecule has 3 heteroatoms. The molecule has 2 rings (SSSR count). The van der Waals surface area contributed by atoms with Crippen LogP contribution in [0.25, 0.3) is 5.57 Å². The minimum atomic E-state index is -1.01. The minimum Gasteiger partial charge on any atom is -0.321 e. The number of halogens is 2. The van der Waals surface area contributed by atoms with Crippen LogP contribution in [0.3, 0.4) is 0 Å². The van der Waals surface area contributed by atoms with E-state index in [4.69, 9.17) is 28.9 Å². The third kappa shape index (κ3) is 2.10. The average molecular weight is 240 g/mol. The SMILES string of the molecule is NC1C(c2ccccc2)=CC=CC1(Cl)Cl.